The fraction of sp³-hybridized carbons (Fsp3) is 0.846. The van der Waals surface area contributed by atoms with Crippen molar-refractivity contribution in [2.75, 3.05) is 26.2 Å². The van der Waals surface area contributed by atoms with Gasteiger partial charge in [0.15, 0.2) is 0 Å². The van der Waals surface area contributed by atoms with Gasteiger partial charge in [-0.25, -0.2) is 0 Å². The molecular weight excluding hydrogens is 232 g/mol. The predicted molar refractivity (Wildman–Crippen MR) is 67.2 cm³/mol. The van der Waals surface area contributed by atoms with E-state index in [1.807, 2.05) is 9.80 Å². The van der Waals surface area contributed by atoms with Crippen molar-refractivity contribution < 1.29 is 14.7 Å². The Morgan fingerprint density at radius 1 is 1.11 bits per heavy atom. The maximum absolute atomic E-state index is 12.2. The van der Waals surface area contributed by atoms with Crippen LogP contribution in [0, 0.1) is 5.92 Å². The van der Waals surface area contributed by atoms with Crippen LogP contribution in [0.25, 0.3) is 0 Å². The molecule has 2 fully saturated rings. The van der Waals surface area contributed by atoms with Crippen molar-refractivity contribution in [1.82, 2.24) is 9.80 Å². The predicted octanol–water partition coefficient (Wildman–Crippen LogP) is 0.794. The summed E-state index contributed by atoms with van der Waals surface area (Å²) in [6, 6.07) is -0.450. The molecule has 0 bridgehead atoms. The molecule has 102 valence electrons. The molecule has 5 nitrogen and oxygen atoms in total. The van der Waals surface area contributed by atoms with Gasteiger partial charge in [-0.05, 0) is 19.8 Å². The van der Waals surface area contributed by atoms with E-state index in [1.165, 1.54) is 12.8 Å². The van der Waals surface area contributed by atoms with E-state index in [2.05, 4.69) is 0 Å². The lowest BCUT2D eigenvalue weighted by Crippen LogP contribution is -2.54. The molecule has 0 aromatic carbocycles. The van der Waals surface area contributed by atoms with Gasteiger partial charge in [0.05, 0.1) is 0 Å². The summed E-state index contributed by atoms with van der Waals surface area (Å²) in [5, 5.41) is 8.96. The molecular formula is C13H22N2O3. The van der Waals surface area contributed by atoms with E-state index in [-0.39, 0.29) is 11.8 Å². The molecule has 0 spiro atoms. The first kappa shape index (κ1) is 13.3. The number of carboxylic acids is 1. The third kappa shape index (κ3) is 2.83. The highest BCUT2D eigenvalue weighted by molar-refractivity contribution is 5.79. The highest BCUT2D eigenvalue weighted by Crippen LogP contribution is 2.27. The number of carbonyl (C=O) groups excluding carboxylic acids is 1. The summed E-state index contributed by atoms with van der Waals surface area (Å²) in [7, 11) is 0. The van der Waals surface area contributed by atoms with Crippen molar-refractivity contribution in [1.29, 1.82) is 0 Å². The molecule has 1 unspecified atom stereocenters. The van der Waals surface area contributed by atoms with Gasteiger partial charge in [0.2, 0.25) is 5.91 Å². The number of aliphatic carboxylic acids is 1. The molecule has 1 amide bonds. The first-order chi connectivity index (χ1) is 8.59. The van der Waals surface area contributed by atoms with Gasteiger partial charge < -0.3 is 10.0 Å². The zero-order valence-corrected chi connectivity index (χ0v) is 11.0. The van der Waals surface area contributed by atoms with Crippen LogP contribution < -0.4 is 0 Å². The third-order valence-electron chi connectivity index (χ3n) is 4.24. The van der Waals surface area contributed by atoms with Crippen molar-refractivity contribution in [2.24, 2.45) is 5.92 Å². The summed E-state index contributed by atoms with van der Waals surface area (Å²) < 4.78 is 0. The standard InChI is InChI=1S/C13H22N2O3/c1-10(13(17)18)14-6-8-15(9-7-14)12(16)11-4-2-3-5-11/h10-11H,2-9H2,1H3,(H,17,18). The summed E-state index contributed by atoms with van der Waals surface area (Å²) in [5.41, 5.74) is 0. The average molecular weight is 254 g/mol. The Bertz CT molecular complexity index is 318. The van der Waals surface area contributed by atoms with Gasteiger partial charge >= 0.3 is 5.97 Å². The third-order valence-corrected chi connectivity index (χ3v) is 4.24. The lowest BCUT2D eigenvalue weighted by atomic mass is 10.1. The lowest BCUT2D eigenvalue weighted by molar-refractivity contribution is -0.144. The molecule has 0 aromatic rings. The molecule has 1 saturated carbocycles. The SMILES string of the molecule is CC(C(=O)O)N1CCN(C(=O)C2CCCC2)CC1. The fourth-order valence-electron chi connectivity index (χ4n) is 2.92. The molecule has 1 aliphatic heterocycles. The Labute approximate surface area is 108 Å². The van der Waals surface area contributed by atoms with Gasteiger partial charge in [0.25, 0.3) is 0 Å². The van der Waals surface area contributed by atoms with Crippen molar-refractivity contribution >= 4 is 11.9 Å². The van der Waals surface area contributed by atoms with Gasteiger partial charge in [0, 0.05) is 32.1 Å². The second-order valence-electron chi connectivity index (χ2n) is 5.36. The van der Waals surface area contributed by atoms with Crippen molar-refractivity contribution in [2.45, 2.75) is 38.6 Å². The second-order valence-corrected chi connectivity index (χ2v) is 5.36. The van der Waals surface area contributed by atoms with Gasteiger partial charge in [-0.1, -0.05) is 12.8 Å². The van der Waals surface area contributed by atoms with Crippen molar-refractivity contribution in [3.05, 3.63) is 0 Å². The molecule has 5 heteroatoms. The Balaban J connectivity index is 1.82. The molecule has 1 heterocycles. The number of rotatable bonds is 3. The lowest BCUT2D eigenvalue weighted by Gasteiger charge is -2.37. The average Bonchev–Trinajstić information content (AvgIpc) is 2.91. The minimum Gasteiger partial charge on any atom is -0.480 e. The largest absolute Gasteiger partial charge is 0.480 e. The molecule has 1 atom stereocenters. The summed E-state index contributed by atoms with van der Waals surface area (Å²) in [5.74, 6) is -0.269. The molecule has 2 rings (SSSR count). The minimum absolute atomic E-state index is 0.230. The van der Waals surface area contributed by atoms with Gasteiger partial charge in [0.1, 0.15) is 6.04 Å². The maximum Gasteiger partial charge on any atom is 0.320 e. The monoisotopic (exact) mass is 254 g/mol. The number of piperazine rings is 1. The van der Waals surface area contributed by atoms with E-state index in [4.69, 9.17) is 5.11 Å². The van der Waals surface area contributed by atoms with Crippen LogP contribution in [0.2, 0.25) is 0 Å². The highest BCUT2D eigenvalue weighted by Gasteiger charge is 2.31. The van der Waals surface area contributed by atoms with Crippen LogP contribution >= 0.6 is 0 Å². The quantitative estimate of drug-likeness (QED) is 0.809. The van der Waals surface area contributed by atoms with Gasteiger partial charge in [-0.2, -0.15) is 0 Å². The Hall–Kier alpha value is -1.10. The zero-order chi connectivity index (χ0) is 13.1. The van der Waals surface area contributed by atoms with Crippen LogP contribution in [0.4, 0.5) is 0 Å². The molecule has 0 aromatic heterocycles. The number of hydrogen-bond donors (Lipinski definition) is 1. The number of carbonyl (C=O) groups is 2. The van der Waals surface area contributed by atoms with Crippen LogP contribution in [0.15, 0.2) is 0 Å². The smallest absolute Gasteiger partial charge is 0.320 e. The van der Waals surface area contributed by atoms with Crippen LogP contribution in [0.3, 0.4) is 0 Å². The number of amides is 1. The fourth-order valence-corrected chi connectivity index (χ4v) is 2.92. The van der Waals surface area contributed by atoms with E-state index in [9.17, 15) is 9.59 Å². The molecule has 1 aliphatic carbocycles. The summed E-state index contributed by atoms with van der Waals surface area (Å²) in [6.45, 7) is 4.40. The topological polar surface area (TPSA) is 60.9 Å². The highest BCUT2D eigenvalue weighted by atomic mass is 16.4. The van der Waals surface area contributed by atoms with Crippen molar-refractivity contribution in [3.8, 4) is 0 Å². The Morgan fingerprint density at radius 3 is 2.17 bits per heavy atom. The Morgan fingerprint density at radius 2 is 1.67 bits per heavy atom. The molecule has 18 heavy (non-hydrogen) atoms. The molecule has 1 N–H and O–H groups in total. The van der Waals surface area contributed by atoms with E-state index in [0.29, 0.717) is 26.2 Å². The summed E-state index contributed by atoms with van der Waals surface area (Å²) in [4.78, 5) is 27.0. The van der Waals surface area contributed by atoms with Gasteiger partial charge in [-0.15, -0.1) is 0 Å². The van der Waals surface area contributed by atoms with Crippen LogP contribution in [-0.4, -0.2) is 59.0 Å². The molecule has 2 aliphatic rings. The van der Waals surface area contributed by atoms with Crippen LogP contribution in [-0.2, 0) is 9.59 Å². The van der Waals surface area contributed by atoms with Crippen molar-refractivity contribution in [3.63, 3.8) is 0 Å². The minimum atomic E-state index is -0.787. The Kier molecular flexibility index (Phi) is 4.22. The van der Waals surface area contributed by atoms with Gasteiger partial charge in [-0.3, -0.25) is 14.5 Å². The van der Waals surface area contributed by atoms with Crippen LogP contribution in [0.1, 0.15) is 32.6 Å². The normalized spacial score (nSPS) is 24.2. The summed E-state index contributed by atoms with van der Waals surface area (Å²) >= 11 is 0. The molecule has 1 saturated heterocycles. The molecule has 0 radical (unpaired) electrons. The van der Waals surface area contributed by atoms with E-state index < -0.39 is 12.0 Å². The summed E-state index contributed by atoms with van der Waals surface area (Å²) in [6.07, 6.45) is 4.41. The first-order valence-corrected chi connectivity index (χ1v) is 6.85. The number of nitrogens with zero attached hydrogens (tertiary/aromatic N) is 2. The maximum atomic E-state index is 12.2. The zero-order valence-electron chi connectivity index (χ0n) is 11.0. The van der Waals surface area contributed by atoms with Crippen LogP contribution in [0.5, 0.6) is 0 Å². The van der Waals surface area contributed by atoms with E-state index in [1.54, 1.807) is 6.92 Å². The first-order valence-electron chi connectivity index (χ1n) is 6.85. The van der Waals surface area contributed by atoms with E-state index >= 15 is 0 Å². The second kappa shape index (κ2) is 5.69. The van der Waals surface area contributed by atoms with E-state index in [0.717, 1.165) is 12.8 Å². The number of hydrogen-bond acceptors (Lipinski definition) is 3. The number of carboxylic acid groups (broad SMARTS) is 1.